The molecule has 3 aromatic carbocycles. The van der Waals surface area contributed by atoms with E-state index in [-0.39, 0.29) is 12.4 Å². The van der Waals surface area contributed by atoms with E-state index in [0.717, 1.165) is 66.3 Å². The van der Waals surface area contributed by atoms with Crippen LogP contribution in [0.3, 0.4) is 0 Å². The van der Waals surface area contributed by atoms with E-state index in [9.17, 15) is 4.79 Å². The largest absolute Gasteiger partial charge is 0.454 e. The second kappa shape index (κ2) is 10.8. The van der Waals surface area contributed by atoms with Crippen LogP contribution < -0.4 is 15.0 Å². The Balaban J connectivity index is 1.19. The lowest BCUT2D eigenvalue weighted by molar-refractivity contribution is 0.0998. The third-order valence-corrected chi connectivity index (χ3v) is 8.01. The molecule has 1 fully saturated rings. The number of fused-ring (bicyclic) bond motifs is 2. The molecule has 1 atom stereocenters. The van der Waals surface area contributed by atoms with Crippen molar-refractivity contribution in [3.8, 4) is 11.5 Å². The average molecular weight is 550 g/mol. The Bertz CT molecular complexity index is 1740. The zero-order valence-electron chi connectivity index (χ0n) is 22.9. The SMILES string of the molecule is Cc1cccc2cc([C@@H](c3nnnn3Cc3ccccc3)N3CCN(Cc4ccc5c(c4)OCO5)CC3)c(=O)[nH]c12. The van der Waals surface area contributed by atoms with E-state index >= 15 is 0 Å². The Labute approximate surface area is 237 Å². The lowest BCUT2D eigenvalue weighted by atomic mass is 10.0. The number of rotatable bonds is 7. The summed E-state index contributed by atoms with van der Waals surface area (Å²) >= 11 is 0. The molecule has 208 valence electrons. The molecule has 1 N–H and O–H groups in total. The Morgan fingerprint density at radius 2 is 1.71 bits per heavy atom. The summed E-state index contributed by atoms with van der Waals surface area (Å²) in [6.07, 6.45) is 0. The molecule has 0 amide bonds. The van der Waals surface area contributed by atoms with Gasteiger partial charge in [0.05, 0.1) is 12.1 Å². The topological polar surface area (TPSA) is 101 Å². The summed E-state index contributed by atoms with van der Waals surface area (Å²) in [6.45, 7) is 6.83. The zero-order valence-corrected chi connectivity index (χ0v) is 22.9. The van der Waals surface area contributed by atoms with Gasteiger partial charge in [-0.25, -0.2) is 4.68 Å². The average Bonchev–Trinajstić information content (AvgIpc) is 3.65. The molecule has 2 aromatic heterocycles. The number of H-pyrrole nitrogens is 1. The van der Waals surface area contributed by atoms with Crippen LogP contribution in [-0.2, 0) is 13.1 Å². The van der Waals surface area contributed by atoms with Crippen molar-refractivity contribution in [3.63, 3.8) is 0 Å². The van der Waals surface area contributed by atoms with Gasteiger partial charge in [0.1, 0.15) is 6.04 Å². The maximum atomic E-state index is 13.6. The van der Waals surface area contributed by atoms with Crippen LogP contribution in [0.2, 0.25) is 0 Å². The molecule has 2 aliphatic heterocycles. The number of aromatic amines is 1. The Morgan fingerprint density at radius 1 is 0.878 bits per heavy atom. The molecular weight excluding hydrogens is 518 g/mol. The predicted molar refractivity (Wildman–Crippen MR) is 154 cm³/mol. The molecule has 0 aliphatic carbocycles. The summed E-state index contributed by atoms with van der Waals surface area (Å²) < 4.78 is 12.8. The standard InChI is InChI=1S/C31H31N7O3/c1-21-6-5-9-24-17-25(31(39)32-28(21)24)29(30-33-34-35-38(30)19-22-7-3-2-4-8-22)37-14-12-36(13-15-37)18-23-10-11-26-27(16-23)41-20-40-26/h2-11,16-17,29H,12-15,18-20H2,1H3,(H,32,39)/t29-/m0/s1. The van der Waals surface area contributed by atoms with Gasteiger partial charge in [-0.05, 0) is 57.6 Å². The fraction of sp³-hybridized carbons (Fsp3) is 0.290. The fourth-order valence-corrected chi connectivity index (χ4v) is 5.86. The number of aryl methyl sites for hydroxylation is 1. The molecule has 2 aliphatic rings. The van der Waals surface area contributed by atoms with Crippen molar-refractivity contribution in [2.75, 3.05) is 33.0 Å². The smallest absolute Gasteiger partial charge is 0.253 e. The molecule has 0 unspecified atom stereocenters. The van der Waals surface area contributed by atoms with Gasteiger partial charge in [0.15, 0.2) is 17.3 Å². The third-order valence-electron chi connectivity index (χ3n) is 8.01. The summed E-state index contributed by atoms with van der Waals surface area (Å²) in [7, 11) is 0. The van der Waals surface area contributed by atoms with Crippen LogP contribution in [0.5, 0.6) is 11.5 Å². The van der Waals surface area contributed by atoms with Crippen LogP contribution in [0.1, 0.15) is 34.1 Å². The highest BCUT2D eigenvalue weighted by Crippen LogP contribution is 2.33. The van der Waals surface area contributed by atoms with Crippen molar-refractivity contribution in [3.05, 3.63) is 111 Å². The molecule has 0 radical (unpaired) electrons. The van der Waals surface area contributed by atoms with Crippen LogP contribution in [0.15, 0.2) is 77.6 Å². The summed E-state index contributed by atoms with van der Waals surface area (Å²) in [5.41, 5.74) is 4.71. The Morgan fingerprint density at radius 3 is 2.56 bits per heavy atom. The monoisotopic (exact) mass is 549 g/mol. The first kappa shape index (κ1) is 25.4. The minimum Gasteiger partial charge on any atom is -0.454 e. The second-order valence-electron chi connectivity index (χ2n) is 10.7. The molecule has 0 bridgehead atoms. The number of piperazine rings is 1. The van der Waals surface area contributed by atoms with Crippen molar-refractivity contribution in [1.82, 2.24) is 35.0 Å². The molecule has 10 nitrogen and oxygen atoms in total. The summed E-state index contributed by atoms with van der Waals surface area (Å²) in [5.74, 6) is 2.26. The van der Waals surface area contributed by atoms with Crippen molar-refractivity contribution in [2.45, 2.75) is 26.1 Å². The summed E-state index contributed by atoms with van der Waals surface area (Å²) in [4.78, 5) is 21.5. The number of nitrogens with zero attached hydrogens (tertiary/aromatic N) is 6. The van der Waals surface area contributed by atoms with E-state index in [2.05, 4.69) is 54.6 Å². The first-order valence-corrected chi connectivity index (χ1v) is 13.9. The highest BCUT2D eigenvalue weighted by Gasteiger charge is 2.33. The van der Waals surface area contributed by atoms with Crippen LogP contribution in [0.25, 0.3) is 10.9 Å². The third kappa shape index (κ3) is 5.07. The van der Waals surface area contributed by atoms with Gasteiger partial charge < -0.3 is 14.5 Å². The van der Waals surface area contributed by atoms with Gasteiger partial charge in [-0.1, -0.05) is 54.6 Å². The fourth-order valence-electron chi connectivity index (χ4n) is 5.86. The highest BCUT2D eigenvalue weighted by molar-refractivity contribution is 5.82. The van der Waals surface area contributed by atoms with E-state index in [1.54, 1.807) is 0 Å². The first-order valence-electron chi connectivity index (χ1n) is 13.9. The highest BCUT2D eigenvalue weighted by atomic mass is 16.7. The number of hydrogen-bond donors (Lipinski definition) is 1. The van der Waals surface area contributed by atoms with Crippen LogP contribution in [-0.4, -0.2) is 68.0 Å². The molecular formula is C31H31N7O3. The second-order valence-corrected chi connectivity index (χ2v) is 10.7. The van der Waals surface area contributed by atoms with Crippen LogP contribution >= 0.6 is 0 Å². The van der Waals surface area contributed by atoms with Gasteiger partial charge in [0, 0.05) is 38.3 Å². The molecule has 0 spiro atoms. The number of hydrogen-bond acceptors (Lipinski definition) is 8. The number of pyridine rings is 1. The van der Waals surface area contributed by atoms with Crippen LogP contribution in [0.4, 0.5) is 0 Å². The lowest BCUT2D eigenvalue weighted by Gasteiger charge is -2.38. The summed E-state index contributed by atoms with van der Waals surface area (Å²) in [6, 6.07) is 23.9. The molecule has 0 saturated carbocycles. The zero-order chi connectivity index (χ0) is 27.8. The minimum atomic E-state index is -0.393. The molecule has 7 rings (SSSR count). The minimum absolute atomic E-state index is 0.117. The van der Waals surface area contributed by atoms with Gasteiger partial charge >= 0.3 is 0 Å². The van der Waals surface area contributed by atoms with Crippen LogP contribution in [0, 0.1) is 6.92 Å². The maximum absolute atomic E-state index is 13.6. The number of nitrogens with one attached hydrogen (secondary N) is 1. The lowest BCUT2D eigenvalue weighted by Crippen LogP contribution is -2.48. The summed E-state index contributed by atoms with van der Waals surface area (Å²) in [5, 5.41) is 13.9. The number of para-hydroxylation sites is 1. The van der Waals surface area contributed by atoms with E-state index < -0.39 is 6.04 Å². The number of ether oxygens (including phenoxy) is 2. The van der Waals surface area contributed by atoms with Crippen molar-refractivity contribution >= 4 is 10.9 Å². The van der Waals surface area contributed by atoms with Gasteiger partial charge in [-0.2, -0.15) is 0 Å². The molecule has 5 aromatic rings. The Hall–Kier alpha value is -4.54. The van der Waals surface area contributed by atoms with Gasteiger partial charge in [-0.3, -0.25) is 14.6 Å². The molecule has 4 heterocycles. The normalized spacial score (nSPS) is 16.3. The quantitative estimate of drug-likeness (QED) is 0.329. The van der Waals surface area contributed by atoms with Gasteiger partial charge in [-0.15, -0.1) is 5.10 Å². The predicted octanol–water partition coefficient (Wildman–Crippen LogP) is 3.51. The number of tetrazole rings is 1. The first-order chi connectivity index (χ1) is 20.1. The molecule has 10 heteroatoms. The van der Waals surface area contributed by atoms with Gasteiger partial charge in [0.25, 0.3) is 5.56 Å². The number of benzene rings is 3. The van der Waals surface area contributed by atoms with E-state index in [0.29, 0.717) is 17.9 Å². The van der Waals surface area contributed by atoms with E-state index in [4.69, 9.17) is 9.47 Å². The van der Waals surface area contributed by atoms with Crippen molar-refractivity contribution in [1.29, 1.82) is 0 Å². The van der Waals surface area contributed by atoms with Gasteiger partial charge in [0.2, 0.25) is 6.79 Å². The molecule has 1 saturated heterocycles. The number of aromatic nitrogens is 5. The van der Waals surface area contributed by atoms with Crippen molar-refractivity contribution in [2.24, 2.45) is 0 Å². The van der Waals surface area contributed by atoms with Crippen molar-refractivity contribution < 1.29 is 9.47 Å². The molecule has 41 heavy (non-hydrogen) atoms. The van der Waals surface area contributed by atoms with E-state index in [1.165, 1.54) is 5.56 Å². The van der Waals surface area contributed by atoms with E-state index in [1.807, 2.05) is 60.1 Å². The Kier molecular flexibility index (Phi) is 6.69. The maximum Gasteiger partial charge on any atom is 0.253 e.